The molecule has 1 saturated carbocycles. The molecule has 1 aliphatic carbocycles. The van der Waals surface area contributed by atoms with Crippen LogP contribution < -0.4 is 5.32 Å². The molecule has 2 fully saturated rings. The van der Waals surface area contributed by atoms with Crippen LogP contribution in [0, 0.1) is 5.41 Å². The van der Waals surface area contributed by atoms with Crippen molar-refractivity contribution in [3.63, 3.8) is 0 Å². The normalized spacial score (nSPS) is 21.8. The lowest BCUT2D eigenvalue weighted by molar-refractivity contribution is -0.145. The third-order valence-corrected chi connectivity index (χ3v) is 4.11. The molecule has 0 unspecified atom stereocenters. The van der Waals surface area contributed by atoms with Gasteiger partial charge in [-0.15, -0.1) is 6.58 Å². The first kappa shape index (κ1) is 14.1. The van der Waals surface area contributed by atoms with Crippen molar-refractivity contribution in [2.75, 3.05) is 39.3 Å². The smallest absolute Gasteiger partial charge is 0.238 e. The molecule has 1 N–H and O–H groups in total. The Morgan fingerprint density at radius 2 is 1.89 bits per heavy atom. The minimum atomic E-state index is -0.766. The highest BCUT2D eigenvalue weighted by Gasteiger charge is 2.57. The number of amides is 2. The van der Waals surface area contributed by atoms with Crippen molar-refractivity contribution in [1.82, 2.24) is 15.1 Å². The second-order valence-corrected chi connectivity index (χ2v) is 5.31. The first-order chi connectivity index (χ1) is 9.14. The molecule has 2 aliphatic rings. The SMILES string of the molecule is C=CCNC(=O)C1(C(=O)N2CCN(CC)CC2)CC1. The summed E-state index contributed by atoms with van der Waals surface area (Å²) in [5, 5.41) is 2.76. The Balaban J connectivity index is 1.92. The maximum Gasteiger partial charge on any atom is 0.238 e. The maximum absolute atomic E-state index is 12.5. The Bertz CT molecular complexity index is 369. The molecule has 1 aliphatic heterocycles. The van der Waals surface area contributed by atoms with Gasteiger partial charge >= 0.3 is 0 Å². The minimum Gasteiger partial charge on any atom is -0.352 e. The van der Waals surface area contributed by atoms with Crippen LogP contribution in [0.5, 0.6) is 0 Å². The molecule has 0 bridgehead atoms. The predicted octanol–water partition coefficient (Wildman–Crippen LogP) is 0.233. The van der Waals surface area contributed by atoms with E-state index in [4.69, 9.17) is 0 Å². The molecule has 1 heterocycles. The number of rotatable bonds is 5. The van der Waals surface area contributed by atoms with Crippen LogP contribution in [0.4, 0.5) is 0 Å². The third kappa shape index (κ3) is 2.81. The van der Waals surface area contributed by atoms with Crippen LogP contribution >= 0.6 is 0 Å². The molecule has 0 radical (unpaired) electrons. The molecule has 5 heteroatoms. The largest absolute Gasteiger partial charge is 0.352 e. The minimum absolute atomic E-state index is 0.0183. The number of hydrogen-bond acceptors (Lipinski definition) is 3. The van der Waals surface area contributed by atoms with Gasteiger partial charge in [0.2, 0.25) is 11.8 Å². The molecular formula is C14H23N3O2. The summed E-state index contributed by atoms with van der Waals surface area (Å²) in [7, 11) is 0. The first-order valence-corrected chi connectivity index (χ1v) is 7.05. The molecule has 2 amide bonds. The van der Waals surface area contributed by atoms with Crippen molar-refractivity contribution in [2.24, 2.45) is 5.41 Å². The second kappa shape index (κ2) is 5.74. The Morgan fingerprint density at radius 3 is 2.37 bits per heavy atom. The lowest BCUT2D eigenvalue weighted by Crippen LogP contribution is -2.53. The number of hydrogen-bond donors (Lipinski definition) is 1. The number of likely N-dealkylation sites (N-methyl/N-ethyl adjacent to an activating group) is 1. The lowest BCUT2D eigenvalue weighted by atomic mass is 10.0. The standard InChI is InChI=1S/C14H23N3O2/c1-3-7-15-12(18)14(5-6-14)13(19)17-10-8-16(4-2)9-11-17/h3H,1,4-11H2,2H3,(H,15,18). The summed E-state index contributed by atoms with van der Waals surface area (Å²) in [6, 6.07) is 0. The van der Waals surface area contributed by atoms with Gasteiger partial charge in [-0.25, -0.2) is 0 Å². The van der Waals surface area contributed by atoms with Gasteiger partial charge in [-0.2, -0.15) is 0 Å². The van der Waals surface area contributed by atoms with Gasteiger partial charge in [-0.3, -0.25) is 9.59 Å². The quantitative estimate of drug-likeness (QED) is 0.572. The molecule has 0 spiro atoms. The summed E-state index contributed by atoms with van der Waals surface area (Å²) in [5.74, 6) is -0.111. The van der Waals surface area contributed by atoms with Crippen LogP contribution in [0.25, 0.3) is 0 Å². The monoisotopic (exact) mass is 265 g/mol. The Hall–Kier alpha value is -1.36. The third-order valence-electron chi connectivity index (χ3n) is 4.11. The number of carbonyl (C=O) groups excluding carboxylic acids is 2. The predicted molar refractivity (Wildman–Crippen MR) is 73.6 cm³/mol. The van der Waals surface area contributed by atoms with Crippen LogP contribution in [0.1, 0.15) is 19.8 Å². The molecule has 0 aromatic heterocycles. The Labute approximate surface area is 114 Å². The molecular weight excluding hydrogens is 242 g/mol. The van der Waals surface area contributed by atoms with Crippen LogP contribution in [-0.2, 0) is 9.59 Å². The molecule has 5 nitrogen and oxygen atoms in total. The summed E-state index contributed by atoms with van der Waals surface area (Å²) in [6.07, 6.45) is 3.00. The van der Waals surface area contributed by atoms with Crippen molar-refractivity contribution in [3.05, 3.63) is 12.7 Å². The summed E-state index contributed by atoms with van der Waals surface area (Å²) >= 11 is 0. The van der Waals surface area contributed by atoms with E-state index >= 15 is 0 Å². The molecule has 19 heavy (non-hydrogen) atoms. The Morgan fingerprint density at radius 1 is 1.26 bits per heavy atom. The van der Waals surface area contributed by atoms with Crippen LogP contribution in [0.15, 0.2) is 12.7 Å². The van der Waals surface area contributed by atoms with Crippen molar-refractivity contribution >= 4 is 11.8 Å². The zero-order valence-corrected chi connectivity index (χ0v) is 11.7. The number of nitrogens with zero attached hydrogens (tertiary/aromatic N) is 2. The van der Waals surface area contributed by atoms with E-state index in [1.54, 1.807) is 6.08 Å². The van der Waals surface area contributed by atoms with E-state index in [1.807, 2.05) is 4.90 Å². The lowest BCUT2D eigenvalue weighted by Gasteiger charge is -2.35. The van der Waals surface area contributed by atoms with Crippen molar-refractivity contribution in [1.29, 1.82) is 0 Å². The van der Waals surface area contributed by atoms with E-state index < -0.39 is 5.41 Å². The van der Waals surface area contributed by atoms with E-state index in [0.29, 0.717) is 19.4 Å². The van der Waals surface area contributed by atoms with E-state index in [9.17, 15) is 9.59 Å². The molecule has 1 saturated heterocycles. The number of nitrogens with one attached hydrogen (secondary N) is 1. The van der Waals surface area contributed by atoms with Gasteiger partial charge in [0.15, 0.2) is 0 Å². The van der Waals surface area contributed by atoms with E-state index in [0.717, 1.165) is 32.7 Å². The highest BCUT2D eigenvalue weighted by Crippen LogP contribution is 2.47. The molecule has 0 aromatic carbocycles. The zero-order valence-electron chi connectivity index (χ0n) is 11.7. The zero-order chi connectivity index (χ0) is 13.9. The summed E-state index contributed by atoms with van der Waals surface area (Å²) in [4.78, 5) is 28.8. The van der Waals surface area contributed by atoms with E-state index in [-0.39, 0.29) is 11.8 Å². The van der Waals surface area contributed by atoms with Crippen molar-refractivity contribution in [2.45, 2.75) is 19.8 Å². The average Bonchev–Trinajstić information content (AvgIpc) is 3.25. The number of carbonyl (C=O) groups is 2. The molecule has 2 rings (SSSR count). The molecule has 106 valence electrons. The summed E-state index contributed by atoms with van der Waals surface area (Å²) < 4.78 is 0. The van der Waals surface area contributed by atoms with Crippen LogP contribution in [0.2, 0.25) is 0 Å². The average molecular weight is 265 g/mol. The fourth-order valence-electron chi connectivity index (χ4n) is 2.57. The van der Waals surface area contributed by atoms with Crippen LogP contribution in [-0.4, -0.2) is 60.9 Å². The topological polar surface area (TPSA) is 52.7 Å². The molecule has 0 atom stereocenters. The van der Waals surface area contributed by atoms with Crippen LogP contribution in [0.3, 0.4) is 0 Å². The second-order valence-electron chi connectivity index (χ2n) is 5.31. The Kier molecular flexibility index (Phi) is 4.24. The van der Waals surface area contributed by atoms with Gasteiger partial charge in [0, 0.05) is 32.7 Å². The van der Waals surface area contributed by atoms with Gasteiger partial charge < -0.3 is 15.1 Å². The highest BCUT2D eigenvalue weighted by molar-refractivity contribution is 6.07. The van der Waals surface area contributed by atoms with Gasteiger partial charge in [-0.05, 0) is 19.4 Å². The highest BCUT2D eigenvalue weighted by atomic mass is 16.2. The maximum atomic E-state index is 12.5. The van der Waals surface area contributed by atoms with Crippen molar-refractivity contribution < 1.29 is 9.59 Å². The van der Waals surface area contributed by atoms with Gasteiger partial charge in [-0.1, -0.05) is 13.0 Å². The fraction of sp³-hybridized carbons (Fsp3) is 0.714. The van der Waals surface area contributed by atoms with Gasteiger partial charge in [0.1, 0.15) is 5.41 Å². The van der Waals surface area contributed by atoms with Gasteiger partial charge in [0.05, 0.1) is 0 Å². The van der Waals surface area contributed by atoms with Crippen molar-refractivity contribution in [3.8, 4) is 0 Å². The fourth-order valence-corrected chi connectivity index (χ4v) is 2.57. The van der Waals surface area contributed by atoms with Gasteiger partial charge in [0.25, 0.3) is 0 Å². The summed E-state index contributed by atoms with van der Waals surface area (Å²) in [5.41, 5.74) is -0.766. The van der Waals surface area contributed by atoms with E-state index in [1.165, 1.54) is 0 Å². The first-order valence-electron chi connectivity index (χ1n) is 7.05. The number of piperazine rings is 1. The molecule has 0 aromatic rings. The summed E-state index contributed by atoms with van der Waals surface area (Å²) in [6.45, 7) is 10.4. The van der Waals surface area contributed by atoms with E-state index in [2.05, 4.69) is 23.7 Å².